The summed E-state index contributed by atoms with van der Waals surface area (Å²) in [6.45, 7) is 0.658. The Morgan fingerprint density at radius 2 is 1.50 bits per heavy atom. The van der Waals surface area contributed by atoms with Gasteiger partial charge in [-0.1, -0.05) is 17.3 Å². The second kappa shape index (κ2) is 9.23. The molecule has 3 rings (SSSR count). The van der Waals surface area contributed by atoms with Crippen molar-refractivity contribution in [1.29, 1.82) is 0 Å². The molecule has 1 N–H and O–H groups in total. The van der Waals surface area contributed by atoms with Crippen LogP contribution < -0.4 is 14.2 Å². The highest BCUT2D eigenvalue weighted by Gasteiger charge is 2.17. The van der Waals surface area contributed by atoms with Gasteiger partial charge in [0, 0.05) is 31.2 Å². The minimum absolute atomic E-state index is 0.00523. The first kappa shape index (κ1) is 19.7. The lowest BCUT2D eigenvalue weighted by Gasteiger charge is -2.12. The molecule has 0 amide bonds. The third-order valence-electron chi connectivity index (χ3n) is 4.55. The van der Waals surface area contributed by atoms with Crippen LogP contribution >= 0.6 is 0 Å². The lowest BCUT2D eigenvalue weighted by molar-refractivity contribution is 0.298. The van der Waals surface area contributed by atoms with Crippen molar-refractivity contribution in [3.63, 3.8) is 0 Å². The maximum Gasteiger partial charge on any atom is 0.123 e. The topological polar surface area (TPSA) is 78.6 Å². The standard InChI is InChI=1S/C21H25N3O4/c1-26-17-6-4-15(5-7-17)8-10-24-21(20(9-11-25)22-23-24)16-12-18(27-2)14-19(13-16)28-3/h4-7,12-14,25H,8-11H2,1-3H3. The van der Waals surface area contributed by atoms with Gasteiger partial charge < -0.3 is 19.3 Å². The number of aliphatic hydroxyl groups excluding tert-OH is 1. The maximum atomic E-state index is 9.42. The minimum Gasteiger partial charge on any atom is -0.497 e. The first-order chi connectivity index (χ1) is 13.7. The van der Waals surface area contributed by atoms with E-state index in [2.05, 4.69) is 10.3 Å². The third kappa shape index (κ3) is 4.43. The molecule has 0 atom stereocenters. The number of rotatable bonds is 9. The lowest BCUT2D eigenvalue weighted by Crippen LogP contribution is -2.06. The molecule has 28 heavy (non-hydrogen) atoms. The summed E-state index contributed by atoms with van der Waals surface area (Å²) in [5, 5.41) is 18.0. The molecule has 7 heteroatoms. The van der Waals surface area contributed by atoms with E-state index in [-0.39, 0.29) is 6.61 Å². The van der Waals surface area contributed by atoms with E-state index in [1.807, 2.05) is 47.1 Å². The Bertz CT molecular complexity index is 884. The second-order valence-corrected chi connectivity index (χ2v) is 6.28. The molecular weight excluding hydrogens is 358 g/mol. The van der Waals surface area contributed by atoms with Crippen LogP contribution in [0.1, 0.15) is 11.3 Å². The molecule has 0 fully saturated rings. The monoisotopic (exact) mass is 383 g/mol. The minimum atomic E-state index is 0.00523. The highest BCUT2D eigenvalue weighted by molar-refractivity contribution is 5.66. The Hall–Kier alpha value is -3.06. The average Bonchev–Trinajstić information content (AvgIpc) is 3.15. The maximum absolute atomic E-state index is 9.42. The smallest absolute Gasteiger partial charge is 0.123 e. The number of methoxy groups -OCH3 is 3. The van der Waals surface area contributed by atoms with Crippen LogP contribution in [0.3, 0.4) is 0 Å². The van der Waals surface area contributed by atoms with Crippen LogP contribution in [-0.2, 0) is 19.4 Å². The van der Waals surface area contributed by atoms with Gasteiger partial charge in [-0.3, -0.25) is 0 Å². The summed E-state index contributed by atoms with van der Waals surface area (Å²) in [5.74, 6) is 2.21. The van der Waals surface area contributed by atoms with Crippen molar-refractivity contribution < 1.29 is 19.3 Å². The predicted octanol–water partition coefficient (Wildman–Crippen LogP) is 2.75. The zero-order valence-corrected chi connectivity index (χ0v) is 16.4. The molecule has 0 aliphatic rings. The van der Waals surface area contributed by atoms with Gasteiger partial charge in [0.2, 0.25) is 0 Å². The number of ether oxygens (including phenoxy) is 3. The van der Waals surface area contributed by atoms with Crippen molar-refractivity contribution in [3.05, 3.63) is 53.7 Å². The van der Waals surface area contributed by atoms with E-state index in [0.717, 1.165) is 29.1 Å². The molecular formula is C21H25N3O4. The molecule has 0 aliphatic heterocycles. The van der Waals surface area contributed by atoms with Crippen LogP contribution in [0.15, 0.2) is 42.5 Å². The molecule has 7 nitrogen and oxygen atoms in total. The van der Waals surface area contributed by atoms with Crippen molar-refractivity contribution >= 4 is 0 Å². The van der Waals surface area contributed by atoms with Crippen LogP contribution in [0.25, 0.3) is 11.3 Å². The average molecular weight is 383 g/mol. The van der Waals surface area contributed by atoms with Crippen molar-refractivity contribution in [2.24, 2.45) is 0 Å². The molecule has 0 unspecified atom stereocenters. The van der Waals surface area contributed by atoms with Gasteiger partial charge in [0.15, 0.2) is 0 Å². The summed E-state index contributed by atoms with van der Waals surface area (Å²) in [5.41, 5.74) is 3.67. The van der Waals surface area contributed by atoms with Crippen LogP contribution in [0, 0.1) is 0 Å². The van der Waals surface area contributed by atoms with Gasteiger partial charge in [0.05, 0.1) is 32.7 Å². The number of aromatic nitrogens is 3. The molecule has 0 aliphatic carbocycles. The summed E-state index contributed by atoms with van der Waals surface area (Å²) in [6, 6.07) is 13.6. The molecule has 1 aromatic heterocycles. The van der Waals surface area contributed by atoms with Gasteiger partial charge in [0.25, 0.3) is 0 Å². The van der Waals surface area contributed by atoms with Crippen molar-refractivity contribution in [2.75, 3.05) is 27.9 Å². The first-order valence-electron chi connectivity index (χ1n) is 9.08. The molecule has 2 aromatic carbocycles. The number of hydrogen-bond donors (Lipinski definition) is 1. The fourth-order valence-corrected chi connectivity index (χ4v) is 3.07. The van der Waals surface area contributed by atoms with Crippen molar-refractivity contribution in [2.45, 2.75) is 19.4 Å². The van der Waals surface area contributed by atoms with Crippen molar-refractivity contribution in [3.8, 4) is 28.5 Å². The van der Waals surface area contributed by atoms with E-state index in [1.165, 1.54) is 5.56 Å². The van der Waals surface area contributed by atoms with Gasteiger partial charge in [-0.15, -0.1) is 5.10 Å². The van der Waals surface area contributed by atoms with E-state index >= 15 is 0 Å². The number of hydrogen-bond acceptors (Lipinski definition) is 6. The Kier molecular flexibility index (Phi) is 6.49. The number of nitrogens with zero attached hydrogens (tertiary/aromatic N) is 3. The van der Waals surface area contributed by atoms with Gasteiger partial charge in [-0.2, -0.15) is 0 Å². The normalized spacial score (nSPS) is 10.7. The van der Waals surface area contributed by atoms with E-state index in [0.29, 0.717) is 24.5 Å². The van der Waals surface area contributed by atoms with E-state index in [4.69, 9.17) is 14.2 Å². The zero-order valence-electron chi connectivity index (χ0n) is 16.4. The summed E-state index contributed by atoms with van der Waals surface area (Å²) >= 11 is 0. The van der Waals surface area contributed by atoms with Crippen LogP contribution in [0.4, 0.5) is 0 Å². The van der Waals surface area contributed by atoms with Gasteiger partial charge in [0.1, 0.15) is 17.2 Å². The molecule has 0 bridgehead atoms. The highest BCUT2D eigenvalue weighted by atomic mass is 16.5. The Labute approximate surface area is 164 Å². The van der Waals surface area contributed by atoms with E-state index in [9.17, 15) is 5.11 Å². The fraction of sp³-hybridized carbons (Fsp3) is 0.333. The zero-order chi connectivity index (χ0) is 19.9. The molecule has 0 spiro atoms. The van der Waals surface area contributed by atoms with Crippen LogP contribution in [0.2, 0.25) is 0 Å². The number of benzene rings is 2. The highest BCUT2D eigenvalue weighted by Crippen LogP contribution is 2.31. The second-order valence-electron chi connectivity index (χ2n) is 6.28. The predicted molar refractivity (Wildman–Crippen MR) is 106 cm³/mol. The Balaban J connectivity index is 1.92. The van der Waals surface area contributed by atoms with Crippen LogP contribution in [-0.4, -0.2) is 48.0 Å². The molecule has 0 saturated heterocycles. The fourth-order valence-electron chi connectivity index (χ4n) is 3.07. The van der Waals surface area contributed by atoms with E-state index in [1.54, 1.807) is 21.3 Å². The summed E-state index contributed by atoms with van der Waals surface area (Å²) in [6.07, 6.45) is 1.22. The van der Waals surface area contributed by atoms with Crippen molar-refractivity contribution in [1.82, 2.24) is 15.0 Å². The van der Waals surface area contributed by atoms with Crippen LogP contribution in [0.5, 0.6) is 17.2 Å². The van der Waals surface area contributed by atoms with Gasteiger partial charge in [-0.05, 0) is 36.2 Å². The lowest BCUT2D eigenvalue weighted by atomic mass is 10.1. The molecule has 0 saturated carbocycles. The Morgan fingerprint density at radius 3 is 2.07 bits per heavy atom. The Morgan fingerprint density at radius 1 is 0.857 bits per heavy atom. The largest absolute Gasteiger partial charge is 0.497 e. The third-order valence-corrected chi connectivity index (χ3v) is 4.55. The molecule has 1 heterocycles. The summed E-state index contributed by atoms with van der Waals surface area (Å²) in [7, 11) is 4.89. The molecule has 148 valence electrons. The number of aliphatic hydroxyl groups is 1. The quantitative estimate of drug-likeness (QED) is 0.612. The number of aryl methyl sites for hydroxylation is 2. The van der Waals surface area contributed by atoms with E-state index < -0.39 is 0 Å². The summed E-state index contributed by atoms with van der Waals surface area (Å²) in [4.78, 5) is 0. The molecule has 0 radical (unpaired) electrons. The van der Waals surface area contributed by atoms with Gasteiger partial charge in [-0.25, -0.2) is 4.68 Å². The first-order valence-corrected chi connectivity index (χ1v) is 9.08. The summed E-state index contributed by atoms with van der Waals surface area (Å²) < 4.78 is 17.9. The molecule has 3 aromatic rings. The SMILES string of the molecule is COc1ccc(CCn2nnc(CCO)c2-c2cc(OC)cc(OC)c2)cc1. The van der Waals surface area contributed by atoms with Gasteiger partial charge >= 0.3 is 0 Å².